The summed E-state index contributed by atoms with van der Waals surface area (Å²) >= 11 is 0. The van der Waals surface area contributed by atoms with E-state index in [1.54, 1.807) is 0 Å². The lowest BCUT2D eigenvalue weighted by Gasteiger charge is -2.13. The van der Waals surface area contributed by atoms with Gasteiger partial charge >= 0.3 is 5.97 Å². The number of hydrogen-bond donors (Lipinski definition) is 1. The standard InChI is InChI=1S/C10H21NO3/c1-4-13-5-6-14-10(12)9(11)7-8(2)3/h8-9H,4-7,11H2,1-3H3. The van der Waals surface area contributed by atoms with E-state index in [1.165, 1.54) is 0 Å². The minimum absolute atomic E-state index is 0.290. The predicted octanol–water partition coefficient (Wildman–Crippen LogP) is 0.939. The third-order valence-corrected chi connectivity index (χ3v) is 1.70. The molecular weight excluding hydrogens is 182 g/mol. The highest BCUT2D eigenvalue weighted by Gasteiger charge is 2.15. The van der Waals surface area contributed by atoms with Crippen molar-refractivity contribution in [3.63, 3.8) is 0 Å². The molecule has 0 radical (unpaired) electrons. The van der Waals surface area contributed by atoms with Crippen LogP contribution >= 0.6 is 0 Å². The number of nitrogens with two attached hydrogens (primary N) is 1. The average molecular weight is 203 g/mol. The monoisotopic (exact) mass is 203 g/mol. The molecule has 0 spiro atoms. The maximum atomic E-state index is 11.2. The van der Waals surface area contributed by atoms with Crippen LogP contribution in [0.25, 0.3) is 0 Å². The zero-order chi connectivity index (χ0) is 11.0. The minimum atomic E-state index is -0.503. The van der Waals surface area contributed by atoms with E-state index in [4.69, 9.17) is 15.2 Å². The van der Waals surface area contributed by atoms with Crippen LogP contribution in [-0.2, 0) is 14.3 Å². The quantitative estimate of drug-likeness (QED) is 0.494. The van der Waals surface area contributed by atoms with Crippen LogP contribution in [0.3, 0.4) is 0 Å². The average Bonchev–Trinajstić information content (AvgIpc) is 2.11. The predicted molar refractivity (Wildman–Crippen MR) is 54.9 cm³/mol. The first-order valence-corrected chi connectivity index (χ1v) is 5.07. The highest BCUT2D eigenvalue weighted by molar-refractivity contribution is 5.75. The van der Waals surface area contributed by atoms with Crippen LogP contribution in [0.2, 0.25) is 0 Å². The fraction of sp³-hybridized carbons (Fsp3) is 0.900. The molecular formula is C10H21NO3. The lowest BCUT2D eigenvalue weighted by atomic mass is 10.1. The molecule has 4 heteroatoms. The summed E-state index contributed by atoms with van der Waals surface area (Å²) in [6, 6.07) is -0.503. The van der Waals surface area contributed by atoms with Crippen LogP contribution in [0.1, 0.15) is 27.2 Å². The van der Waals surface area contributed by atoms with Gasteiger partial charge in [0.2, 0.25) is 0 Å². The maximum absolute atomic E-state index is 11.2. The summed E-state index contributed by atoms with van der Waals surface area (Å²) in [5, 5.41) is 0. The molecule has 0 aliphatic carbocycles. The molecule has 0 saturated heterocycles. The summed E-state index contributed by atoms with van der Waals surface area (Å²) in [6.45, 7) is 7.30. The van der Waals surface area contributed by atoms with E-state index in [1.807, 2.05) is 20.8 Å². The molecule has 4 nitrogen and oxygen atoms in total. The van der Waals surface area contributed by atoms with Crippen molar-refractivity contribution >= 4 is 5.97 Å². The molecule has 0 aliphatic heterocycles. The molecule has 0 aromatic carbocycles. The molecule has 1 atom stereocenters. The third-order valence-electron chi connectivity index (χ3n) is 1.70. The molecule has 0 saturated carbocycles. The van der Waals surface area contributed by atoms with Crippen molar-refractivity contribution in [3.05, 3.63) is 0 Å². The van der Waals surface area contributed by atoms with Gasteiger partial charge in [-0.2, -0.15) is 0 Å². The fourth-order valence-corrected chi connectivity index (χ4v) is 1.06. The number of hydrogen-bond acceptors (Lipinski definition) is 4. The van der Waals surface area contributed by atoms with E-state index >= 15 is 0 Å². The van der Waals surface area contributed by atoms with E-state index < -0.39 is 6.04 Å². The molecule has 0 bridgehead atoms. The smallest absolute Gasteiger partial charge is 0.322 e. The summed E-state index contributed by atoms with van der Waals surface area (Å²) in [7, 11) is 0. The van der Waals surface area contributed by atoms with Crippen LogP contribution in [0, 0.1) is 5.92 Å². The Morgan fingerprint density at radius 1 is 1.36 bits per heavy atom. The van der Waals surface area contributed by atoms with Gasteiger partial charge in [0.05, 0.1) is 6.61 Å². The first-order chi connectivity index (χ1) is 6.57. The molecule has 0 aliphatic rings. The van der Waals surface area contributed by atoms with Gasteiger partial charge in [-0.3, -0.25) is 4.79 Å². The molecule has 0 heterocycles. The van der Waals surface area contributed by atoms with Gasteiger partial charge < -0.3 is 15.2 Å². The Kier molecular flexibility index (Phi) is 7.42. The number of esters is 1. The Morgan fingerprint density at radius 2 is 2.00 bits per heavy atom. The topological polar surface area (TPSA) is 61.5 Å². The second kappa shape index (κ2) is 7.76. The van der Waals surface area contributed by atoms with Crippen molar-refractivity contribution < 1.29 is 14.3 Å². The largest absolute Gasteiger partial charge is 0.462 e. The normalized spacial score (nSPS) is 12.9. The zero-order valence-electron chi connectivity index (χ0n) is 9.29. The van der Waals surface area contributed by atoms with Crippen LogP contribution in [0.5, 0.6) is 0 Å². The van der Waals surface area contributed by atoms with Crippen LogP contribution in [-0.4, -0.2) is 31.8 Å². The number of ether oxygens (including phenoxy) is 2. The van der Waals surface area contributed by atoms with Crippen LogP contribution in [0.4, 0.5) is 0 Å². The molecule has 2 N–H and O–H groups in total. The summed E-state index contributed by atoms with van der Waals surface area (Å²) < 4.78 is 9.94. The highest BCUT2D eigenvalue weighted by Crippen LogP contribution is 2.03. The van der Waals surface area contributed by atoms with Crippen LogP contribution < -0.4 is 5.73 Å². The number of carbonyl (C=O) groups is 1. The van der Waals surface area contributed by atoms with Crippen molar-refractivity contribution in [2.24, 2.45) is 11.7 Å². The van der Waals surface area contributed by atoms with Gasteiger partial charge in [-0.25, -0.2) is 0 Å². The lowest BCUT2D eigenvalue weighted by Crippen LogP contribution is -2.34. The molecule has 14 heavy (non-hydrogen) atoms. The summed E-state index contributed by atoms with van der Waals surface area (Å²) in [5.74, 6) is 0.0721. The van der Waals surface area contributed by atoms with E-state index in [2.05, 4.69) is 0 Å². The van der Waals surface area contributed by atoms with E-state index in [0.717, 1.165) is 0 Å². The zero-order valence-corrected chi connectivity index (χ0v) is 9.29. The SMILES string of the molecule is CCOCCOC(=O)C(N)CC(C)C. The number of rotatable bonds is 7. The molecule has 0 aromatic heterocycles. The van der Waals surface area contributed by atoms with Gasteiger partial charge in [-0.15, -0.1) is 0 Å². The molecule has 1 unspecified atom stereocenters. The Labute approximate surface area is 85.8 Å². The maximum Gasteiger partial charge on any atom is 0.322 e. The Morgan fingerprint density at radius 3 is 2.50 bits per heavy atom. The van der Waals surface area contributed by atoms with Crippen molar-refractivity contribution in [3.8, 4) is 0 Å². The second-order valence-corrected chi connectivity index (χ2v) is 3.60. The fourth-order valence-electron chi connectivity index (χ4n) is 1.06. The third kappa shape index (κ3) is 6.86. The van der Waals surface area contributed by atoms with Crippen molar-refractivity contribution in [2.75, 3.05) is 19.8 Å². The van der Waals surface area contributed by atoms with Crippen molar-refractivity contribution in [1.82, 2.24) is 0 Å². The minimum Gasteiger partial charge on any atom is -0.462 e. The second-order valence-electron chi connectivity index (χ2n) is 3.60. The molecule has 0 aromatic rings. The van der Waals surface area contributed by atoms with Gasteiger partial charge in [0, 0.05) is 6.61 Å². The van der Waals surface area contributed by atoms with Gasteiger partial charge in [-0.05, 0) is 19.3 Å². The van der Waals surface area contributed by atoms with E-state index in [0.29, 0.717) is 32.2 Å². The summed E-state index contributed by atoms with van der Waals surface area (Å²) in [6.07, 6.45) is 0.660. The molecule has 0 rings (SSSR count). The van der Waals surface area contributed by atoms with Gasteiger partial charge in [0.15, 0.2) is 0 Å². The van der Waals surface area contributed by atoms with Gasteiger partial charge in [-0.1, -0.05) is 13.8 Å². The van der Waals surface area contributed by atoms with E-state index in [-0.39, 0.29) is 5.97 Å². The first-order valence-electron chi connectivity index (χ1n) is 5.07. The molecule has 0 fully saturated rings. The van der Waals surface area contributed by atoms with Crippen molar-refractivity contribution in [1.29, 1.82) is 0 Å². The van der Waals surface area contributed by atoms with Gasteiger partial charge in [0.1, 0.15) is 12.6 Å². The Hall–Kier alpha value is -0.610. The van der Waals surface area contributed by atoms with E-state index in [9.17, 15) is 4.79 Å². The summed E-state index contributed by atoms with van der Waals surface area (Å²) in [4.78, 5) is 11.2. The molecule has 84 valence electrons. The Balaban J connectivity index is 3.52. The summed E-state index contributed by atoms with van der Waals surface area (Å²) in [5.41, 5.74) is 5.62. The van der Waals surface area contributed by atoms with Crippen molar-refractivity contribution in [2.45, 2.75) is 33.2 Å². The lowest BCUT2D eigenvalue weighted by molar-refractivity contribution is -0.147. The Bertz CT molecular complexity index is 159. The first kappa shape index (κ1) is 13.4. The molecule has 0 amide bonds. The van der Waals surface area contributed by atoms with Gasteiger partial charge in [0.25, 0.3) is 0 Å². The highest BCUT2D eigenvalue weighted by atomic mass is 16.6. The number of carbonyl (C=O) groups excluding carboxylic acids is 1. The van der Waals surface area contributed by atoms with Crippen LogP contribution in [0.15, 0.2) is 0 Å².